The fourth-order valence-corrected chi connectivity index (χ4v) is 1.71. The molecule has 0 unspecified atom stereocenters. The first-order chi connectivity index (χ1) is 7.02. The zero-order valence-electron chi connectivity index (χ0n) is 9.19. The van der Waals surface area contributed by atoms with Gasteiger partial charge in [-0.25, -0.2) is 4.79 Å². The van der Waals surface area contributed by atoms with Crippen LogP contribution in [-0.2, 0) is 23.8 Å². The summed E-state index contributed by atoms with van der Waals surface area (Å²) in [5.74, 6) is -0.753. The fourth-order valence-electron chi connectivity index (χ4n) is 1.71. The van der Waals surface area contributed by atoms with E-state index in [0.29, 0.717) is 12.8 Å². The number of carbonyl (C=O) groups excluding carboxylic acids is 2. The SMILES string of the molecule is COC(=O)[C@@H]1C[C@H](OC(C)=O)C[C@H](C)O1. The van der Waals surface area contributed by atoms with E-state index in [0.717, 1.165) is 0 Å². The van der Waals surface area contributed by atoms with Gasteiger partial charge >= 0.3 is 11.9 Å². The Kier molecular flexibility index (Phi) is 4.08. The van der Waals surface area contributed by atoms with Crippen LogP contribution in [0.1, 0.15) is 26.7 Å². The van der Waals surface area contributed by atoms with Gasteiger partial charge in [-0.3, -0.25) is 4.79 Å². The molecule has 1 rings (SSSR count). The Hall–Kier alpha value is -1.10. The number of methoxy groups -OCH3 is 1. The van der Waals surface area contributed by atoms with Crippen molar-refractivity contribution in [2.45, 2.75) is 45.0 Å². The zero-order valence-corrected chi connectivity index (χ0v) is 9.19. The number of rotatable bonds is 2. The maximum atomic E-state index is 11.3. The Morgan fingerprint density at radius 1 is 1.33 bits per heavy atom. The van der Waals surface area contributed by atoms with Crippen molar-refractivity contribution >= 4 is 11.9 Å². The minimum absolute atomic E-state index is 0.104. The van der Waals surface area contributed by atoms with Gasteiger partial charge in [0, 0.05) is 19.8 Å². The van der Waals surface area contributed by atoms with Gasteiger partial charge in [-0.1, -0.05) is 0 Å². The molecule has 1 fully saturated rings. The highest BCUT2D eigenvalue weighted by Crippen LogP contribution is 2.22. The van der Waals surface area contributed by atoms with Gasteiger partial charge in [0.25, 0.3) is 0 Å². The van der Waals surface area contributed by atoms with Crippen LogP contribution in [0.2, 0.25) is 0 Å². The molecule has 0 radical (unpaired) electrons. The monoisotopic (exact) mass is 216 g/mol. The smallest absolute Gasteiger partial charge is 0.335 e. The normalized spacial score (nSPS) is 30.7. The van der Waals surface area contributed by atoms with Crippen LogP contribution in [-0.4, -0.2) is 37.4 Å². The highest BCUT2D eigenvalue weighted by atomic mass is 16.6. The molecule has 1 aliphatic rings. The first-order valence-corrected chi connectivity index (χ1v) is 4.93. The summed E-state index contributed by atoms with van der Waals surface area (Å²) in [6.07, 6.45) is 0.00887. The van der Waals surface area contributed by atoms with Crippen LogP contribution in [0.4, 0.5) is 0 Å². The predicted octanol–water partition coefficient (Wildman–Crippen LogP) is 0.659. The Bertz CT molecular complexity index is 250. The second-order valence-electron chi connectivity index (χ2n) is 3.66. The van der Waals surface area contributed by atoms with Crippen LogP contribution in [0.25, 0.3) is 0 Å². The van der Waals surface area contributed by atoms with E-state index in [1.54, 1.807) is 0 Å². The minimum atomic E-state index is -0.622. The maximum absolute atomic E-state index is 11.3. The highest BCUT2D eigenvalue weighted by Gasteiger charge is 2.33. The summed E-state index contributed by atoms with van der Waals surface area (Å²) in [6, 6.07) is 0. The van der Waals surface area contributed by atoms with E-state index in [9.17, 15) is 9.59 Å². The third-order valence-electron chi connectivity index (χ3n) is 2.27. The predicted molar refractivity (Wildman–Crippen MR) is 51.1 cm³/mol. The van der Waals surface area contributed by atoms with Gasteiger partial charge in [-0.05, 0) is 6.92 Å². The van der Waals surface area contributed by atoms with E-state index in [-0.39, 0.29) is 18.2 Å². The standard InChI is InChI=1S/C10H16O5/c1-6-4-8(15-7(2)11)5-9(14-6)10(12)13-3/h6,8-9H,4-5H2,1-3H3/t6-,8+,9-/m0/s1. The number of esters is 2. The summed E-state index contributed by atoms with van der Waals surface area (Å²) in [5.41, 5.74) is 0. The molecular weight excluding hydrogens is 200 g/mol. The van der Waals surface area contributed by atoms with Gasteiger partial charge in [0.15, 0.2) is 6.10 Å². The van der Waals surface area contributed by atoms with Crippen LogP contribution in [0.5, 0.6) is 0 Å². The van der Waals surface area contributed by atoms with Crippen LogP contribution in [0.15, 0.2) is 0 Å². The van der Waals surface area contributed by atoms with Crippen LogP contribution >= 0.6 is 0 Å². The number of ether oxygens (including phenoxy) is 3. The summed E-state index contributed by atoms with van der Waals surface area (Å²) in [4.78, 5) is 22.0. The van der Waals surface area contributed by atoms with Gasteiger partial charge < -0.3 is 14.2 Å². The molecule has 3 atom stereocenters. The summed E-state index contributed by atoms with van der Waals surface area (Å²) >= 11 is 0. The Labute approximate surface area is 88.7 Å². The summed E-state index contributed by atoms with van der Waals surface area (Å²) in [7, 11) is 1.31. The van der Waals surface area contributed by atoms with E-state index in [1.165, 1.54) is 14.0 Å². The molecule has 0 aliphatic carbocycles. The lowest BCUT2D eigenvalue weighted by molar-refractivity contribution is -0.176. The molecule has 0 amide bonds. The first-order valence-electron chi connectivity index (χ1n) is 4.93. The van der Waals surface area contributed by atoms with E-state index < -0.39 is 12.1 Å². The molecule has 0 aromatic rings. The Morgan fingerprint density at radius 3 is 2.53 bits per heavy atom. The van der Waals surface area contributed by atoms with Crippen molar-refractivity contribution in [3.63, 3.8) is 0 Å². The van der Waals surface area contributed by atoms with Crippen molar-refractivity contribution < 1.29 is 23.8 Å². The Morgan fingerprint density at radius 2 is 2.00 bits per heavy atom. The van der Waals surface area contributed by atoms with Crippen molar-refractivity contribution in [3.05, 3.63) is 0 Å². The largest absolute Gasteiger partial charge is 0.467 e. The molecule has 5 heteroatoms. The maximum Gasteiger partial charge on any atom is 0.335 e. The second kappa shape index (κ2) is 5.11. The van der Waals surface area contributed by atoms with Gasteiger partial charge in [-0.2, -0.15) is 0 Å². The summed E-state index contributed by atoms with van der Waals surface area (Å²) in [5, 5.41) is 0. The topological polar surface area (TPSA) is 61.8 Å². The Balaban J connectivity index is 2.55. The van der Waals surface area contributed by atoms with Crippen LogP contribution < -0.4 is 0 Å². The molecule has 0 bridgehead atoms. The zero-order chi connectivity index (χ0) is 11.4. The number of carbonyl (C=O) groups is 2. The van der Waals surface area contributed by atoms with Gasteiger partial charge in [0.05, 0.1) is 13.2 Å². The van der Waals surface area contributed by atoms with E-state index in [4.69, 9.17) is 9.47 Å². The third-order valence-corrected chi connectivity index (χ3v) is 2.27. The fraction of sp³-hybridized carbons (Fsp3) is 0.800. The molecular formula is C10H16O5. The van der Waals surface area contributed by atoms with Crippen molar-refractivity contribution in [2.75, 3.05) is 7.11 Å². The molecule has 0 aromatic heterocycles. The minimum Gasteiger partial charge on any atom is -0.467 e. The number of hydrogen-bond acceptors (Lipinski definition) is 5. The lowest BCUT2D eigenvalue weighted by Crippen LogP contribution is -2.41. The molecule has 0 spiro atoms. The average molecular weight is 216 g/mol. The van der Waals surface area contributed by atoms with Gasteiger partial charge in [0.1, 0.15) is 6.10 Å². The van der Waals surface area contributed by atoms with Crippen molar-refractivity contribution in [1.29, 1.82) is 0 Å². The van der Waals surface area contributed by atoms with E-state index >= 15 is 0 Å². The van der Waals surface area contributed by atoms with Crippen molar-refractivity contribution in [3.8, 4) is 0 Å². The molecule has 15 heavy (non-hydrogen) atoms. The number of hydrogen-bond donors (Lipinski definition) is 0. The van der Waals surface area contributed by atoms with Crippen molar-refractivity contribution in [1.82, 2.24) is 0 Å². The van der Waals surface area contributed by atoms with Crippen LogP contribution in [0, 0.1) is 0 Å². The molecule has 5 nitrogen and oxygen atoms in total. The molecule has 0 aromatic carbocycles. The van der Waals surface area contributed by atoms with Gasteiger partial charge in [-0.15, -0.1) is 0 Å². The van der Waals surface area contributed by atoms with E-state index in [1.807, 2.05) is 6.92 Å². The molecule has 1 aliphatic heterocycles. The molecule has 86 valence electrons. The quantitative estimate of drug-likeness (QED) is 0.634. The second-order valence-corrected chi connectivity index (χ2v) is 3.66. The molecule has 1 heterocycles. The first kappa shape index (κ1) is 12.0. The highest BCUT2D eigenvalue weighted by molar-refractivity contribution is 5.74. The lowest BCUT2D eigenvalue weighted by Gasteiger charge is -2.31. The lowest BCUT2D eigenvalue weighted by atomic mass is 10.0. The molecule has 0 saturated carbocycles. The van der Waals surface area contributed by atoms with E-state index in [2.05, 4.69) is 4.74 Å². The van der Waals surface area contributed by atoms with Crippen LogP contribution in [0.3, 0.4) is 0 Å². The molecule has 1 saturated heterocycles. The summed E-state index contributed by atoms with van der Waals surface area (Å²) in [6.45, 7) is 3.19. The summed E-state index contributed by atoms with van der Waals surface area (Å²) < 4.78 is 15.0. The van der Waals surface area contributed by atoms with Crippen molar-refractivity contribution in [2.24, 2.45) is 0 Å². The van der Waals surface area contributed by atoms with Gasteiger partial charge in [0.2, 0.25) is 0 Å². The molecule has 0 N–H and O–H groups in total. The average Bonchev–Trinajstić information content (AvgIpc) is 2.14. The third kappa shape index (κ3) is 3.51.